The topological polar surface area (TPSA) is 62.5 Å². The van der Waals surface area contributed by atoms with Gasteiger partial charge in [-0.1, -0.05) is 303 Å². The minimum atomic E-state index is -0.584. The number of aryl methyl sites for hydroxylation is 1. The van der Waals surface area contributed by atoms with Crippen LogP contribution in [0.15, 0.2) is 309 Å². The van der Waals surface area contributed by atoms with Gasteiger partial charge in [-0.15, -0.1) is 0 Å². The average Bonchev–Trinajstić information content (AvgIpc) is 1.54. The van der Waals surface area contributed by atoms with Crippen LogP contribution in [0.25, 0.3) is 114 Å². The smallest absolute Gasteiger partial charge is 0.164 e. The highest BCUT2D eigenvalue weighted by atomic mass is 15.0. The van der Waals surface area contributed by atoms with Crippen molar-refractivity contribution in [1.82, 2.24) is 15.0 Å². The van der Waals surface area contributed by atoms with Crippen LogP contribution < -0.4 is 0 Å². The van der Waals surface area contributed by atoms with Crippen molar-refractivity contribution in [1.29, 1.82) is 5.26 Å². The van der Waals surface area contributed by atoms with Crippen LogP contribution in [0.5, 0.6) is 0 Å². The first-order chi connectivity index (χ1) is 45.9. The summed E-state index contributed by atoms with van der Waals surface area (Å²) in [4.78, 5) is 15.2. The van der Waals surface area contributed by atoms with Crippen LogP contribution in [0.2, 0.25) is 0 Å². The summed E-state index contributed by atoms with van der Waals surface area (Å²) in [6.45, 7) is 2.13. The number of fused-ring (bicyclic) bond motifs is 18. The minimum absolute atomic E-state index is 0.467. The Morgan fingerprint density at radius 2 is 0.591 bits per heavy atom. The molecule has 4 aliphatic rings. The van der Waals surface area contributed by atoms with Gasteiger partial charge in [0.2, 0.25) is 0 Å². The number of hydrogen-bond acceptors (Lipinski definition) is 4. The molecule has 0 fully saturated rings. The van der Waals surface area contributed by atoms with E-state index in [0.29, 0.717) is 23.0 Å². The fourth-order valence-electron chi connectivity index (χ4n) is 15.1. The first-order valence-electron chi connectivity index (χ1n) is 31.8. The van der Waals surface area contributed by atoms with E-state index in [1.165, 1.54) is 117 Å². The molecule has 14 aromatic rings. The molecule has 4 aliphatic carbocycles. The van der Waals surface area contributed by atoms with Gasteiger partial charge in [-0.2, -0.15) is 5.26 Å². The lowest BCUT2D eigenvalue weighted by Crippen LogP contribution is -2.30. The molecule has 0 N–H and O–H groups in total. The number of hydrogen-bond donors (Lipinski definition) is 0. The van der Waals surface area contributed by atoms with Crippen LogP contribution in [0, 0.1) is 18.3 Å². The molecule has 0 saturated carbocycles. The SMILES string of the molecule is C1=Cc2ccc(-c3ccccc3)cc2C2(c3ccccc31)c1ccccc1-c1ccc(-c3nc(-c4ccccc4)nc(-c4ccccc4)n3)cc12.Cc1ccc(-c2ccc3c(c2)C2(c4ccccc4C=C3)c3ccccc3-c3cc(-c4ccc(C#N)cc4)ccc32)cc1. The van der Waals surface area contributed by atoms with Gasteiger partial charge < -0.3 is 0 Å². The van der Waals surface area contributed by atoms with Gasteiger partial charge in [0.1, 0.15) is 0 Å². The average molecular weight is 1180 g/mol. The van der Waals surface area contributed by atoms with E-state index < -0.39 is 10.8 Å². The van der Waals surface area contributed by atoms with Crippen molar-refractivity contribution < 1.29 is 0 Å². The van der Waals surface area contributed by atoms with Crippen molar-refractivity contribution in [3.05, 3.63) is 387 Å². The third-order valence-corrected chi connectivity index (χ3v) is 19.4. The molecule has 0 radical (unpaired) electrons. The molecule has 2 unspecified atom stereocenters. The van der Waals surface area contributed by atoms with Crippen LogP contribution >= 0.6 is 0 Å². The summed E-state index contributed by atoms with van der Waals surface area (Å²) in [6, 6.07) is 113. The normalized spacial score (nSPS) is 15.4. The molecule has 93 heavy (non-hydrogen) atoms. The van der Waals surface area contributed by atoms with Gasteiger partial charge in [0.05, 0.1) is 22.5 Å². The summed E-state index contributed by atoms with van der Waals surface area (Å²) < 4.78 is 0. The third-order valence-electron chi connectivity index (χ3n) is 19.4. The van der Waals surface area contributed by atoms with Crippen molar-refractivity contribution in [3.63, 3.8) is 0 Å². The van der Waals surface area contributed by atoms with Crippen LogP contribution in [0.1, 0.15) is 77.9 Å². The number of aromatic nitrogens is 3. The quantitative estimate of drug-likeness (QED) is 0.166. The molecule has 1 aromatic heterocycles. The van der Waals surface area contributed by atoms with E-state index in [1.807, 2.05) is 60.7 Å². The molecule has 0 bridgehead atoms. The minimum Gasteiger partial charge on any atom is -0.208 e. The van der Waals surface area contributed by atoms with E-state index >= 15 is 0 Å². The summed E-state index contributed by atoms with van der Waals surface area (Å²) in [7, 11) is 0. The Kier molecular flexibility index (Phi) is 13.2. The molecular weight excluding hydrogens is 1130 g/mol. The molecule has 0 saturated heterocycles. The first-order valence-corrected chi connectivity index (χ1v) is 31.8. The van der Waals surface area contributed by atoms with Gasteiger partial charge in [-0.05, 0) is 166 Å². The maximum atomic E-state index is 9.31. The Hall–Kier alpha value is -12.2. The van der Waals surface area contributed by atoms with E-state index in [4.69, 9.17) is 15.0 Å². The predicted octanol–water partition coefficient (Wildman–Crippen LogP) is 21.4. The maximum absolute atomic E-state index is 9.31. The largest absolute Gasteiger partial charge is 0.208 e. The molecule has 0 aliphatic heterocycles. The lowest BCUT2D eigenvalue weighted by molar-refractivity contribution is 0.766. The van der Waals surface area contributed by atoms with E-state index in [-0.39, 0.29) is 0 Å². The van der Waals surface area contributed by atoms with Gasteiger partial charge in [0.25, 0.3) is 0 Å². The summed E-state index contributed by atoms with van der Waals surface area (Å²) in [6.07, 6.45) is 9.12. The highest BCUT2D eigenvalue weighted by Gasteiger charge is 2.50. The second-order valence-corrected chi connectivity index (χ2v) is 24.5. The number of nitrogens with zero attached hydrogens (tertiary/aromatic N) is 4. The van der Waals surface area contributed by atoms with E-state index in [2.05, 4.69) is 286 Å². The standard InChI is InChI=1S/C48H31N3.C41H27N/c1-4-14-32(15-5-1)37-27-26-34-25-24-33-16-10-12-22-41(33)48(43(34)30-37)42-23-13-11-21-39(42)40-29-28-38(31-44(40)48)47-50-45(35-17-6-2-7-18-35)49-46(51-47)36-19-8-3-9-20-36;1-27-10-14-29(15-11-27)34-21-20-32-19-18-31-6-2-4-8-37(31)41(40(32)25-34)38-9-5-3-7-35(38)36-24-33(22-23-39(36)41)30-16-12-28(26-42)13-17-30/h1-31H;2-25H,1H3. The number of nitriles is 1. The van der Waals surface area contributed by atoms with Gasteiger partial charge >= 0.3 is 0 Å². The van der Waals surface area contributed by atoms with E-state index in [1.54, 1.807) is 0 Å². The van der Waals surface area contributed by atoms with Gasteiger partial charge in [0, 0.05) is 16.7 Å². The van der Waals surface area contributed by atoms with Crippen LogP contribution in [0.4, 0.5) is 0 Å². The predicted molar refractivity (Wildman–Crippen MR) is 381 cm³/mol. The Morgan fingerprint density at radius 1 is 0.247 bits per heavy atom. The van der Waals surface area contributed by atoms with Gasteiger partial charge in [-0.25, -0.2) is 15.0 Å². The highest BCUT2D eigenvalue weighted by molar-refractivity contribution is 5.96. The third kappa shape index (κ3) is 9.00. The molecule has 1 heterocycles. The Morgan fingerprint density at radius 3 is 1.12 bits per heavy atom. The van der Waals surface area contributed by atoms with Crippen molar-refractivity contribution in [3.8, 4) is 95.9 Å². The molecule has 13 aromatic carbocycles. The van der Waals surface area contributed by atoms with Crippen LogP contribution in [-0.2, 0) is 10.8 Å². The second kappa shape index (κ2) is 22.4. The summed E-state index contributed by atoms with van der Waals surface area (Å²) in [5.74, 6) is 1.95. The first kappa shape index (κ1) is 54.9. The molecule has 2 atom stereocenters. The van der Waals surface area contributed by atoms with Crippen LogP contribution in [0.3, 0.4) is 0 Å². The fraction of sp³-hybridized carbons (Fsp3) is 0.0337. The number of rotatable bonds is 6. The van der Waals surface area contributed by atoms with Crippen molar-refractivity contribution in [2.24, 2.45) is 0 Å². The van der Waals surface area contributed by atoms with E-state index in [9.17, 15) is 5.26 Å². The van der Waals surface area contributed by atoms with Gasteiger partial charge in [0.15, 0.2) is 17.5 Å². The highest BCUT2D eigenvalue weighted by Crippen LogP contribution is 2.61. The summed E-state index contributed by atoms with van der Waals surface area (Å²) in [5, 5.41) is 9.31. The van der Waals surface area contributed by atoms with Gasteiger partial charge in [-0.3, -0.25) is 0 Å². The Labute approximate surface area is 542 Å². The lowest BCUT2D eigenvalue weighted by Gasteiger charge is -2.35. The lowest BCUT2D eigenvalue weighted by atomic mass is 9.65. The zero-order chi connectivity index (χ0) is 62.0. The zero-order valence-electron chi connectivity index (χ0n) is 51.0. The van der Waals surface area contributed by atoms with Crippen molar-refractivity contribution in [2.75, 3.05) is 0 Å². The fourth-order valence-corrected chi connectivity index (χ4v) is 15.1. The molecule has 434 valence electrons. The molecule has 2 spiro atoms. The zero-order valence-corrected chi connectivity index (χ0v) is 51.0. The van der Waals surface area contributed by atoms with Crippen molar-refractivity contribution >= 4 is 24.3 Å². The molecular formula is C89H58N4. The summed E-state index contributed by atoms with van der Waals surface area (Å²) in [5.41, 5.74) is 31.0. The molecule has 4 heteroatoms. The monoisotopic (exact) mass is 1180 g/mol. The second-order valence-electron chi connectivity index (χ2n) is 24.5. The maximum Gasteiger partial charge on any atom is 0.164 e. The number of benzene rings is 13. The van der Waals surface area contributed by atoms with Crippen molar-refractivity contribution in [2.45, 2.75) is 17.8 Å². The summed E-state index contributed by atoms with van der Waals surface area (Å²) >= 11 is 0. The molecule has 0 amide bonds. The Bertz CT molecular complexity index is 5330. The molecule has 4 nitrogen and oxygen atoms in total. The van der Waals surface area contributed by atoms with Crippen LogP contribution in [-0.4, -0.2) is 15.0 Å². The Balaban J connectivity index is 0.000000145. The molecule has 18 rings (SSSR count). The van der Waals surface area contributed by atoms with E-state index in [0.717, 1.165) is 27.8 Å².